The van der Waals surface area contributed by atoms with Gasteiger partial charge in [0.2, 0.25) is 0 Å². The van der Waals surface area contributed by atoms with Gasteiger partial charge in [-0.2, -0.15) is 0 Å². The van der Waals surface area contributed by atoms with Gasteiger partial charge in [0.05, 0.1) is 0 Å². The first-order valence-corrected chi connectivity index (χ1v) is 6.81. The van der Waals surface area contributed by atoms with Crippen molar-refractivity contribution in [3.8, 4) is 0 Å². The molecule has 0 amide bonds. The maximum atomic E-state index is 6.09. The van der Waals surface area contributed by atoms with Crippen LogP contribution in [-0.4, -0.2) is 29.6 Å². The van der Waals surface area contributed by atoms with Crippen LogP contribution in [0.25, 0.3) is 0 Å². The molecule has 0 spiro atoms. The van der Waals surface area contributed by atoms with Crippen molar-refractivity contribution >= 4 is 0 Å². The Labute approximate surface area is 93.2 Å². The summed E-state index contributed by atoms with van der Waals surface area (Å²) in [5.41, 5.74) is 6.51. The van der Waals surface area contributed by atoms with Crippen LogP contribution in [0, 0.1) is 5.92 Å². The molecule has 3 saturated carbocycles. The van der Waals surface area contributed by atoms with Crippen molar-refractivity contribution in [2.45, 2.75) is 62.9 Å². The largest absolute Gasteiger partial charge is 0.329 e. The van der Waals surface area contributed by atoms with E-state index in [1.54, 1.807) is 0 Å². The fraction of sp³-hybridized carbons (Fsp3) is 1.00. The van der Waals surface area contributed by atoms with Gasteiger partial charge in [0.1, 0.15) is 0 Å². The van der Waals surface area contributed by atoms with E-state index in [4.69, 9.17) is 5.73 Å². The Morgan fingerprint density at radius 2 is 1.73 bits per heavy atom. The maximum absolute atomic E-state index is 6.09. The summed E-state index contributed by atoms with van der Waals surface area (Å²) in [4.78, 5) is 2.83. The Hall–Kier alpha value is -0.0800. The van der Waals surface area contributed by atoms with Gasteiger partial charge in [0.25, 0.3) is 0 Å². The van der Waals surface area contributed by atoms with Crippen molar-refractivity contribution in [3.63, 3.8) is 0 Å². The van der Waals surface area contributed by atoms with Gasteiger partial charge in [0, 0.05) is 24.7 Å². The molecule has 3 aliphatic rings. The third-order valence-electron chi connectivity index (χ3n) is 4.66. The minimum Gasteiger partial charge on any atom is -0.329 e. The van der Waals surface area contributed by atoms with Gasteiger partial charge in [0.15, 0.2) is 0 Å². The van der Waals surface area contributed by atoms with E-state index in [0.717, 1.165) is 18.5 Å². The highest BCUT2D eigenvalue weighted by molar-refractivity contribution is 5.03. The Balaban J connectivity index is 1.72. The molecule has 0 aromatic carbocycles. The van der Waals surface area contributed by atoms with Crippen LogP contribution >= 0.6 is 0 Å². The lowest BCUT2D eigenvalue weighted by Gasteiger charge is -2.41. The maximum Gasteiger partial charge on any atom is 0.0334 e. The minimum atomic E-state index is 0.420. The van der Waals surface area contributed by atoms with E-state index in [1.807, 2.05) is 0 Å². The van der Waals surface area contributed by atoms with E-state index in [9.17, 15) is 0 Å². The number of rotatable bonds is 5. The summed E-state index contributed by atoms with van der Waals surface area (Å²) in [5.74, 6) is 1.02. The highest BCUT2D eigenvalue weighted by Gasteiger charge is 2.46. The molecule has 0 saturated heterocycles. The van der Waals surface area contributed by atoms with Crippen molar-refractivity contribution in [2.75, 3.05) is 13.1 Å². The Kier molecular flexibility index (Phi) is 2.52. The summed E-state index contributed by atoms with van der Waals surface area (Å²) < 4.78 is 0. The van der Waals surface area contributed by atoms with Gasteiger partial charge < -0.3 is 5.73 Å². The van der Waals surface area contributed by atoms with Gasteiger partial charge in [-0.05, 0) is 44.4 Å². The average Bonchev–Trinajstić information content (AvgIpc) is 3.15. The van der Waals surface area contributed by atoms with Gasteiger partial charge in [-0.1, -0.05) is 12.8 Å². The monoisotopic (exact) mass is 208 g/mol. The second-order valence-electron chi connectivity index (χ2n) is 5.96. The molecule has 0 atom stereocenters. The van der Waals surface area contributed by atoms with Crippen molar-refractivity contribution in [2.24, 2.45) is 11.7 Å². The van der Waals surface area contributed by atoms with Crippen LogP contribution in [0.3, 0.4) is 0 Å². The van der Waals surface area contributed by atoms with E-state index in [2.05, 4.69) is 4.90 Å². The second kappa shape index (κ2) is 3.74. The molecule has 0 radical (unpaired) electrons. The van der Waals surface area contributed by atoms with Crippen molar-refractivity contribution < 1.29 is 0 Å². The third-order valence-corrected chi connectivity index (χ3v) is 4.66. The van der Waals surface area contributed by atoms with Crippen molar-refractivity contribution in [1.29, 1.82) is 0 Å². The van der Waals surface area contributed by atoms with E-state index in [-0.39, 0.29) is 0 Å². The molecule has 0 aliphatic heterocycles. The van der Waals surface area contributed by atoms with Crippen LogP contribution in [-0.2, 0) is 0 Å². The number of hydrogen-bond donors (Lipinski definition) is 1. The first kappa shape index (κ1) is 10.1. The molecule has 3 aliphatic carbocycles. The number of nitrogens with zero attached hydrogens (tertiary/aromatic N) is 1. The first-order valence-electron chi connectivity index (χ1n) is 6.81. The zero-order chi connectivity index (χ0) is 10.3. The zero-order valence-electron chi connectivity index (χ0n) is 9.75. The van der Waals surface area contributed by atoms with Crippen LogP contribution in [0.4, 0.5) is 0 Å². The zero-order valence-corrected chi connectivity index (χ0v) is 9.75. The number of hydrogen-bond acceptors (Lipinski definition) is 2. The van der Waals surface area contributed by atoms with Crippen molar-refractivity contribution in [1.82, 2.24) is 4.90 Å². The van der Waals surface area contributed by atoms with Crippen LogP contribution in [0.5, 0.6) is 0 Å². The Morgan fingerprint density at radius 1 is 1.07 bits per heavy atom. The van der Waals surface area contributed by atoms with Gasteiger partial charge in [-0.25, -0.2) is 0 Å². The molecule has 0 unspecified atom stereocenters. The number of nitrogens with two attached hydrogens (primary N) is 1. The van der Waals surface area contributed by atoms with E-state index in [1.165, 1.54) is 57.9 Å². The smallest absolute Gasteiger partial charge is 0.0334 e. The lowest BCUT2D eigenvalue weighted by Crippen LogP contribution is -2.53. The van der Waals surface area contributed by atoms with Crippen LogP contribution < -0.4 is 5.73 Å². The summed E-state index contributed by atoms with van der Waals surface area (Å²) in [6.45, 7) is 2.26. The van der Waals surface area contributed by atoms with Gasteiger partial charge >= 0.3 is 0 Å². The first-order chi connectivity index (χ1) is 7.34. The molecule has 3 rings (SSSR count). The lowest BCUT2D eigenvalue weighted by atomic mass is 9.94. The molecular formula is C13H24N2. The normalized spacial score (nSPS) is 30.0. The highest BCUT2D eigenvalue weighted by atomic mass is 15.3. The quantitative estimate of drug-likeness (QED) is 0.750. The summed E-state index contributed by atoms with van der Waals surface area (Å²) >= 11 is 0. The Bertz CT molecular complexity index is 225. The molecule has 15 heavy (non-hydrogen) atoms. The van der Waals surface area contributed by atoms with Crippen molar-refractivity contribution in [3.05, 3.63) is 0 Å². The van der Waals surface area contributed by atoms with Gasteiger partial charge in [-0.3, -0.25) is 4.90 Å². The second-order valence-corrected chi connectivity index (χ2v) is 5.96. The fourth-order valence-corrected chi connectivity index (χ4v) is 3.34. The summed E-state index contributed by atoms with van der Waals surface area (Å²) in [6.07, 6.45) is 11.4. The topological polar surface area (TPSA) is 29.3 Å². The van der Waals surface area contributed by atoms with Crippen LogP contribution in [0.2, 0.25) is 0 Å². The predicted molar refractivity (Wildman–Crippen MR) is 62.7 cm³/mol. The van der Waals surface area contributed by atoms with E-state index < -0.39 is 0 Å². The molecular weight excluding hydrogens is 184 g/mol. The van der Waals surface area contributed by atoms with E-state index >= 15 is 0 Å². The fourth-order valence-electron chi connectivity index (χ4n) is 3.34. The predicted octanol–water partition coefficient (Wildman–Crippen LogP) is 2.13. The van der Waals surface area contributed by atoms with E-state index in [0.29, 0.717) is 5.54 Å². The standard InChI is InChI=1S/C13H24N2/c14-10-13(7-1-2-8-13)15(12-5-6-12)9-11-3-4-11/h11-12H,1-10,14H2. The lowest BCUT2D eigenvalue weighted by molar-refractivity contribution is 0.0842. The molecule has 0 aromatic rings. The summed E-state index contributed by atoms with van der Waals surface area (Å²) in [7, 11) is 0. The van der Waals surface area contributed by atoms with Crippen LogP contribution in [0.1, 0.15) is 51.4 Å². The molecule has 2 nitrogen and oxygen atoms in total. The molecule has 0 bridgehead atoms. The molecule has 0 heterocycles. The SMILES string of the molecule is NCC1(N(CC2CC2)C2CC2)CCCC1. The van der Waals surface area contributed by atoms with Gasteiger partial charge in [-0.15, -0.1) is 0 Å². The Morgan fingerprint density at radius 3 is 2.20 bits per heavy atom. The molecule has 3 fully saturated rings. The molecule has 0 aromatic heterocycles. The molecule has 2 heteroatoms. The minimum absolute atomic E-state index is 0.420. The summed E-state index contributed by atoms with van der Waals surface area (Å²) in [5, 5.41) is 0. The molecule has 86 valence electrons. The average molecular weight is 208 g/mol. The third kappa shape index (κ3) is 1.94. The highest BCUT2D eigenvalue weighted by Crippen LogP contribution is 2.44. The van der Waals surface area contributed by atoms with Crippen LogP contribution in [0.15, 0.2) is 0 Å². The summed E-state index contributed by atoms with van der Waals surface area (Å²) in [6, 6.07) is 0.909. The molecule has 2 N–H and O–H groups in total.